The van der Waals surface area contributed by atoms with Crippen molar-refractivity contribution in [3.05, 3.63) is 71.9 Å². The van der Waals surface area contributed by atoms with Gasteiger partial charge in [0.05, 0.1) is 0 Å². The van der Waals surface area contributed by atoms with Gasteiger partial charge in [-0.05, 0) is 36.1 Å². The quantitative estimate of drug-likeness (QED) is 0.524. The van der Waals surface area contributed by atoms with Crippen molar-refractivity contribution in [1.82, 2.24) is 10.3 Å². The van der Waals surface area contributed by atoms with E-state index in [0.717, 1.165) is 17.9 Å². The first-order valence-corrected chi connectivity index (χ1v) is 11.1. The molecule has 0 unspecified atom stereocenters. The average Bonchev–Trinajstić information content (AvgIpc) is 3.15. The summed E-state index contributed by atoms with van der Waals surface area (Å²) in [5.41, 5.74) is 3.07. The maximum atomic E-state index is 11.9. The van der Waals surface area contributed by atoms with Crippen molar-refractivity contribution in [2.45, 2.75) is 58.3 Å². The van der Waals surface area contributed by atoms with Gasteiger partial charge in [0.1, 0.15) is 0 Å². The molecular formula is C26H34N2O. The minimum Gasteiger partial charge on any atom is -0.361 e. The molecule has 3 heteroatoms. The van der Waals surface area contributed by atoms with Crippen LogP contribution in [0.3, 0.4) is 0 Å². The first kappa shape index (κ1) is 21.2. The molecule has 0 saturated heterocycles. The Morgan fingerprint density at radius 3 is 2.34 bits per heavy atom. The van der Waals surface area contributed by atoms with Gasteiger partial charge in [-0.3, -0.25) is 4.79 Å². The molecule has 2 aromatic carbocycles. The highest BCUT2D eigenvalue weighted by atomic mass is 16.1. The first-order chi connectivity index (χ1) is 14.2. The third-order valence-electron chi connectivity index (χ3n) is 5.78. The predicted octanol–water partition coefficient (Wildman–Crippen LogP) is 6.51. The molecule has 3 aromatic rings. The summed E-state index contributed by atoms with van der Waals surface area (Å²) < 4.78 is 0. The number of hydrogen-bond donors (Lipinski definition) is 2. The van der Waals surface area contributed by atoms with E-state index in [0.29, 0.717) is 12.1 Å². The van der Waals surface area contributed by atoms with E-state index in [1.165, 1.54) is 55.9 Å². The third kappa shape index (κ3) is 6.77. The lowest BCUT2D eigenvalue weighted by molar-refractivity contribution is 0.0954. The summed E-state index contributed by atoms with van der Waals surface area (Å²) in [4.78, 5) is 15.2. The Morgan fingerprint density at radius 2 is 1.59 bits per heavy atom. The minimum atomic E-state index is -0.0227. The topological polar surface area (TPSA) is 44.9 Å². The lowest BCUT2D eigenvalue weighted by Gasteiger charge is -2.13. The van der Waals surface area contributed by atoms with E-state index >= 15 is 0 Å². The van der Waals surface area contributed by atoms with Crippen molar-refractivity contribution in [3.63, 3.8) is 0 Å². The second-order valence-electron chi connectivity index (χ2n) is 8.18. The Balaban J connectivity index is 0.000000224. The number of carbonyl (C=O) groups is 1. The molecule has 1 amide bonds. The van der Waals surface area contributed by atoms with E-state index < -0.39 is 0 Å². The Morgan fingerprint density at radius 1 is 0.931 bits per heavy atom. The number of rotatable bonds is 4. The van der Waals surface area contributed by atoms with Crippen molar-refractivity contribution in [1.29, 1.82) is 0 Å². The van der Waals surface area contributed by atoms with Gasteiger partial charge < -0.3 is 10.3 Å². The zero-order valence-electron chi connectivity index (χ0n) is 17.6. The second kappa shape index (κ2) is 11.5. The number of nitrogens with one attached hydrogen (secondary N) is 2. The Bertz CT molecular complexity index is 861. The number of benzene rings is 2. The lowest BCUT2D eigenvalue weighted by atomic mass is 9.93. The molecule has 0 aliphatic heterocycles. The molecule has 3 nitrogen and oxygen atoms in total. The van der Waals surface area contributed by atoms with Gasteiger partial charge in [0, 0.05) is 29.2 Å². The first-order valence-electron chi connectivity index (χ1n) is 11.1. The molecule has 29 heavy (non-hydrogen) atoms. The number of amides is 1. The van der Waals surface area contributed by atoms with Crippen molar-refractivity contribution in [3.8, 4) is 0 Å². The number of carbonyl (C=O) groups excluding carboxylic acids is 1. The van der Waals surface area contributed by atoms with Crippen LogP contribution in [0.5, 0.6) is 0 Å². The van der Waals surface area contributed by atoms with Crippen molar-refractivity contribution < 1.29 is 4.79 Å². The van der Waals surface area contributed by atoms with Crippen LogP contribution in [-0.2, 0) is 6.42 Å². The highest BCUT2D eigenvalue weighted by molar-refractivity contribution is 5.94. The van der Waals surface area contributed by atoms with E-state index in [1.807, 2.05) is 48.7 Å². The normalized spacial score (nSPS) is 15.1. The molecule has 1 fully saturated rings. The van der Waals surface area contributed by atoms with Crippen molar-refractivity contribution in [2.24, 2.45) is 5.92 Å². The van der Waals surface area contributed by atoms with Crippen LogP contribution in [0.15, 0.2) is 60.8 Å². The molecule has 1 aliphatic carbocycles. The molecular weight excluding hydrogens is 356 g/mol. The highest BCUT2D eigenvalue weighted by Gasteiger charge is 2.06. The summed E-state index contributed by atoms with van der Waals surface area (Å²) >= 11 is 0. The highest BCUT2D eigenvalue weighted by Crippen LogP contribution is 2.21. The van der Waals surface area contributed by atoms with Gasteiger partial charge in [-0.2, -0.15) is 0 Å². The molecule has 154 valence electrons. The fourth-order valence-electron chi connectivity index (χ4n) is 4.00. The minimum absolute atomic E-state index is 0.0227. The summed E-state index contributed by atoms with van der Waals surface area (Å²) in [6, 6.07) is 17.5. The fraction of sp³-hybridized carbons (Fsp3) is 0.423. The van der Waals surface area contributed by atoms with Crippen LogP contribution in [-0.4, -0.2) is 17.4 Å². The standard InChI is InChI=1S/C17H16N2O.C9H18/c20-17(13-6-2-1-3-7-13)18-11-10-14-12-19-16-9-5-4-8-15(14)16;1-9-7-5-3-2-4-6-8-9/h1-9,12,19H,10-11H2,(H,18,20);9H,2-8H2,1H3. The van der Waals surface area contributed by atoms with E-state index in [-0.39, 0.29) is 5.91 Å². The summed E-state index contributed by atoms with van der Waals surface area (Å²) in [6.45, 7) is 3.03. The fourth-order valence-corrected chi connectivity index (χ4v) is 4.00. The Kier molecular flexibility index (Phi) is 8.36. The molecule has 0 radical (unpaired) electrons. The Hall–Kier alpha value is -2.55. The molecule has 1 aliphatic rings. The molecule has 2 N–H and O–H groups in total. The summed E-state index contributed by atoms with van der Waals surface area (Å²) in [6.07, 6.45) is 13.3. The number of hydrogen-bond acceptors (Lipinski definition) is 1. The maximum Gasteiger partial charge on any atom is 0.251 e. The molecule has 1 heterocycles. The SMILES string of the molecule is CC1CCCCCCC1.O=C(NCCc1c[nH]c2ccccc12)c1ccccc1. The lowest BCUT2D eigenvalue weighted by Crippen LogP contribution is -2.25. The number of aromatic nitrogens is 1. The maximum absolute atomic E-state index is 11.9. The summed E-state index contributed by atoms with van der Waals surface area (Å²) in [7, 11) is 0. The van der Waals surface area contributed by atoms with Crippen LogP contribution in [0.1, 0.15) is 67.8 Å². The van der Waals surface area contributed by atoms with E-state index in [1.54, 1.807) is 0 Å². The van der Waals surface area contributed by atoms with Crippen molar-refractivity contribution >= 4 is 16.8 Å². The number of H-pyrrole nitrogens is 1. The van der Waals surface area contributed by atoms with Crippen LogP contribution in [0, 0.1) is 5.92 Å². The van der Waals surface area contributed by atoms with E-state index in [4.69, 9.17) is 0 Å². The number of aromatic amines is 1. The van der Waals surface area contributed by atoms with Gasteiger partial charge in [0.15, 0.2) is 0 Å². The van der Waals surface area contributed by atoms with E-state index in [9.17, 15) is 4.79 Å². The number of fused-ring (bicyclic) bond motifs is 1. The molecule has 0 bridgehead atoms. The second-order valence-corrected chi connectivity index (χ2v) is 8.18. The summed E-state index contributed by atoms with van der Waals surface area (Å²) in [5, 5.41) is 4.17. The van der Waals surface area contributed by atoms with Gasteiger partial charge >= 0.3 is 0 Å². The van der Waals surface area contributed by atoms with Crippen LogP contribution in [0.25, 0.3) is 10.9 Å². The van der Waals surface area contributed by atoms with Gasteiger partial charge in [-0.15, -0.1) is 0 Å². The predicted molar refractivity (Wildman–Crippen MR) is 122 cm³/mol. The molecule has 4 rings (SSSR count). The molecule has 0 spiro atoms. The zero-order chi connectivity index (χ0) is 20.3. The van der Waals surface area contributed by atoms with Gasteiger partial charge in [0.2, 0.25) is 0 Å². The summed E-state index contributed by atoms with van der Waals surface area (Å²) in [5.74, 6) is 0.996. The monoisotopic (exact) mass is 390 g/mol. The van der Waals surface area contributed by atoms with Crippen LogP contribution < -0.4 is 5.32 Å². The largest absolute Gasteiger partial charge is 0.361 e. The average molecular weight is 391 g/mol. The molecule has 1 saturated carbocycles. The molecule has 0 atom stereocenters. The Labute approximate surface area is 174 Å². The number of para-hydroxylation sites is 1. The van der Waals surface area contributed by atoms with Gasteiger partial charge in [-0.25, -0.2) is 0 Å². The third-order valence-corrected chi connectivity index (χ3v) is 5.78. The zero-order valence-corrected chi connectivity index (χ0v) is 17.6. The van der Waals surface area contributed by atoms with Crippen molar-refractivity contribution in [2.75, 3.05) is 6.54 Å². The van der Waals surface area contributed by atoms with Crippen LogP contribution in [0.2, 0.25) is 0 Å². The van der Waals surface area contributed by atoms with E-state index in [2.05, 4.69) is 29.4 Å². The smallest absolute Gasteiger partial charge is 0.251 e. The van der Waals surface area contributed by atoms with Gasteiger partial charge in [0.25, 0.3) is 5.91 Å². The van der Waals surface area contributed by atoms with Crippen LogP contribution in [0.4, 0.5) is 0 Å². The van der Waals surface area contributed by atoms with Gasteiger partial charge in [-0.1, -0.05) is 88.3 Å². The molecule has 1 aromatic heterocycles. The van der Waals surface area contributed by atoms with Crippen LogP contribution >= 0.6 is 0 Å².